The first-order chi connectivity index (χ1) is 31.4. The van der Waals surface area contributed by atoms with E-state index in [0.717, 1.165) is 47.9 Å². The molecule has 0 bridgehead atoms. The summed E-state index contributed by atoms with van der Waals surface area (Å²) in [7, 11) is 1.58. The van der Waals surface area contributed by atoms with Crippen LogP contribution in [0.25, 0.3) is 6.08 Å². The minimum atomic E-state index is -0.975. The maximum absolute atomic E-state index is 14.5. The van der Waals surface area contributed by atoms with Gasteiger partial charge in [-0.25, -0.2) is 9.78 Å². The normalized spacial score (nSPS) is 17.8. The van der Waals surface area contributed by atoms with Crippen molar-refractivity contribution in [2.75, 3.05) is 18.2 Å². The number of carbonyl (C=O) groups excluding carboxylic acids is 3. The maximum Gasteiger partial charge on any atom is 0.355 e. The number of carbonyl (C=O) groups is 3. The van der Waals surface area contributed by atoms with Crippen LogP contribution in [0.1, 0.15) is 59.4 Å². The third kappa shape index (κ3) is 8.81. The van der Waals surface area contributed by atoms with Gasteiger partial charge in [0.15, 0.2) is 16.6 Å². The molecule has 4 aromatic carbocycles. The molecular weight excluding hydrogens is 849 g/mol. The van der Waals surface area contributed by atoms with E-state index in [9.17, 15) is 14.4 Å². The smallest absolute Gasteiger partial charge is 0.355 e. The number of thiazole rings is 1. The second kappa shape index (κ2) is 19.2. The van der Waals surface area contributed by atoms with Crippen LogP contribution in [0.5, 0.6) is 5.75 Å². The lowest BCUT2D eigenvalue weighted by molar-refractivity contribution is -0.153. The zero-order valence-electron chi connectivity index (χ0n) is 34.8. The number of oxime groups is 1. The van der Waals surface area contributed by atoms with Gasteiger partial charge in [-0.2, -0.15) is 0 Å². The molecule has 13 nitrogen and oxygen atoms in total. The zero-order valence-corrected chi connectivity index (χ0v) is 36.4. The molecule has 0 unspecified atom stereocenters. The quantitative estimate of drug-likeness (QED) is 0.0317. The fraction of sp³-hybridized carbons (Fsp3) is 0.224. The molecule has 324 valence electrons. The fourth-order valence-electron chi connectivity index (χ4n) is 8.11. The molecule has 2 atom stereocenters. The average Bonchev–Trinajstić information content (AvgIpc) is 4.17. The fourth-order valence-corrected chi connectivity index (χ4v) is 10.2. The van der Waals surface area contributed by atoms with Crippen LogP contribution in [0.4, 0.5) is 5.13 Å². The Morgan fingerprint density at radius 3 is 2.16 bits per heavy atom. The third-order valence-corrected chi connectivity index (χ3v) is 13.4. The molecular formula is C49H44N6O7S2. The van der Waals surface area contributed by atoms with E-state index in [1.54, 1.807) is 55.0 Å². The zero-order chi connectivity index (χ0) is 43.9. The molecule has 0 radical (unpaired) electrons. The Hall–Kier alpha value is -6.97. The topological polar surface area (TPSA) is 157 Å². The standard InChI is InChI=1S/C49H44N6O7S2/c1-59-37-24-21-32(22-25-37)29-60-47(58)43-33(23-26-39-27-28-50-61-39)30-63-46-42(45(57)55(43)46)52-44(56)41(54-62-38-19-11-12-20-38)40-31-64-48(51-40)53-49(34-13-5-2-6-14-34,35-15-7-3-8-16-35)36-17-9-4-10-18-36/h2-10,13-18,21-28,31,38,42,46H,11-12,19-20,29-30H2,1H3,(H,51,53)(H,52,56)/b26-23-,54-41-/t42-,46-/m1/s1. The highest BCUT2D eigenvalue weighted by molar-refractivity contribution is 8.00. The Morgan fingerprint density at radius 1 is 0.891 bits per heavy atom. The van der Waals surface area contributed by atoms with Gasteiger partial charge in [0.25, 0.3) is 11.8 Å². The highest BCUT2D eigenvalue weighted by Crippen LogP contribution is 2.43. The van der Waals surface area contributed by atoms with Crippen LogP contribution in [0.15, 0.2) is 160 Å². The van der Waals surface area contributed by atoms with Gasteiger partial charge in [0.05, 0.1) is 13.3 Å². The molecule has 1 saturated carbocycles. The molecule has 0 spiro atoms. The first kappa shape index (κ1) is 42.3. The van der Waals surface area contributed by atoms with Gasteiger partial charge in [0.1, 0.15) is 46.8 Å². The van der Waals surface area contributed by atoms with E-state index in [-0.39, 0.29) is 29.8 Å². The van der Waals surface area contributed by atoms with Crippen molar-refractivity contribution < 1.29 is 33.2 Å². The summed E-state index contributed by atoms with van der Waals surface area (Å²) in [5, 5.41) is 16.6. The Labute approximate surface area is 378 Å². The second-order valence-corrected chi connectivity index (χ2v) is 17.3. The van der Waals surface area contributed by atoms with Crippen molar-refractivity contribution in [2.24, 2.45) is 5.16 Å². The lowest BCUT2D eigenvalue weighted by atomic mass is 9.77. The number of esters is 1. The minimum Gasteiger partial charge on any atom is -0.497 e. The number of β-lactam (4-membered cyclic amide) rings is 1. The molecule has 2 N–H and O–H groups in total. The van der Waals surface area contributed by atoms with Gasteiger partial charge < -0.3 is 29.5 Å². The highest BCUT2D eigenvalue weighted by Gasteiger charge is 2.54. The summed E-state index contributed by atoms with van der Waals surface area (Å²) >= 11 is 2.75. The van der Waals surface area contributed by atoms with Crippen molar-refractivity contribution in [3.05, 3.63) is 184 Å². The summed E-state index contributed by atoms with van der Waals surface area (Å²) in [6, 6.07) is 38.3. The Kier molecular flexibility index (Phi) is 12.7. The molecule has 9 rings (SSSR count). The molecule has 6 aromatic rings. The molecule has 1 saturated heterocycles. The molecule has 2 fully saturated rings. The van der Waals surface area contributed by atoms with Gasteiger partial charge in [-0.15, -0.1) is 23.1 Å². The number of amides is 2. The molecule has 1 aliphatic carbocycles. The van der Waals surface area contributed by atoms with Crippen LogP contribution < -0.4 is 15.4 Å². The number of aromatic nitrogens is 2. The maximum atomic E-state index is 14.5. The van der Waals surface area contributed by atoms with Gasteiger partial charge in [-0.1, -0.05) is 120 Å². The average molecular weight is 893 g/mol. The SMILES string of the molecule is COc1ccc(COC(=O)C2=C(/C=C\c3ccno3)CS[C@@H]3[C@H](NC(=O)/C(=N\OC4CCCC4)c4csc(NC(c5ccccc5)(c5ccccc5)c5ccccc5)n4)C(=O)N23)cc1. The van der Waals surface area contributed by atoms with Crippen LogP contribution in [0.2, 0.25) is 0 Å². The molecule has 3 aliphatic rings. The molecule has 15 heteroatoms. The lowest BCUT2D eigenvalue weighted by Gasteiger charge is -2.49. The van der Waals surface area contributed by atoms with E-state index in [1.165, 1.54) is 34.2 Å². The number of allylic oxidation sites excluding steroid dienone is 1. The van der Waals surface area contributed by atoms with Crippen LogP contribution in [0.3, 0.4) is 0 Å². The number of fused-ring (bicyclic) bond motifs is 1. The van der Waals surface area contributed by atoms with Gasteiger partial charge in [-0.05, 0) is 71.7 Å². The number of nitrogens with one attached hydrogen (secondary N) is 2. The monoisotopic (exact) mass is 892 g/mol. The molecule has 4 heterocycles. The summed E-state index contributed by atoms with van der Waals surface area (Å²) in [4.78, 5) is 54.9. The van der Waals surface area contributed by atoms with E-state index in [0.29, 0.717) is 28.0 Å². The minimum absolute atomic E-state index is 0.0279. The van der Waals surface area contributed by atoms with Gasteiger partial charge >= 0.3 is 5.97 Å². The van der Waals surface area contributed by atoms with Crippen molar-refractivity contribution in [3.8, 4) is 5.75 Å². The number of hydrogen-bond acceptors (Lipinski definition) is 13. The number of benzene rings is 4. The predicted molar refractivity (Wildman–Crippen MR) is 245 cm³/mol. The number of thioether (sulfide) groups is 1. The van der Waals surface area contributed by atoms with Gasteiger partial charge in [-0.3, -0.25) is 14.5 Å². The van der Waals surface area contributed by atoms with Crippen molar-refractivity contribution in [2.45, 2.75) is 55.3 Å². The highest BCUT2D eigenvalue weighted by atomic mass is 32.2. The van der Waals surface area contributed by atoms with E-state index in [1.807, 2.05) is 54.6 Å². The number of nitrogens with zero attached hydrogens (tertiary/aromatic N) is 4. The van der Waals surface area contributed by atoms with Gasteiger partial charge in [0.2, 0.25) is 0 Å². The molecule has 2 aliphatic heterocycles. The number of rotatable bonds is 16. The number of anilines is 1. The van der Waals surface area contributed by atoms with E-state index < -0.39 is 34.7 Å². The Balaban J connectivity index is 0.990. The molecule has 2 aromatic heterocycles. The number of methoxy groups -OCH3 is 1. The summed E-state index contributed by atoms with van der Waals surface area (Å²) in [6.07, 6.45) is 8.42. The first-order valence-electron chi connectivity index (χ1n) is 20.9. The van der Waals surface area contributed by atoms with Crippen molar-refractivity contribution >= 4 is 57.8 Å². The van der Waals surface area contributed by atoms with Crippen molar-refractivity contribution in [3.63, 3.8) is 0 Å². The second-order valence-electron chi connectivity index (χ2n) is 15.4. The summed E-state index contributed by atoms with van der Waals surface area (Å²) in [5.74, 6) is -0.282. The van der Waals surface area contributed by atoms with Crippen molar-refractivity contribution in [1.29, 1.82) is 0 Å². The van der Waals surface area contributed by atoms with Gasteiger partial charge in [0, 0.05) is 17.2 Å². The van der Waals surface area contributed by atoms with Crippen LogP contribution in [-0.2, 0) is 36.1 Å². The third-order valence-electron chi connectivity index (χ3n) is 11.4. The summed E-state index contributed by atoms with van der Waals surface area (Å²) in [6.45, 7) is -0.0279. The first-order valence-corrected chi connectivity index (χ1v) is 22.9. The largest absolute Gasteiger partial charge is 0.497 e. The summed E-state index contributed by atoms with van der Waals surface area (Å²) in [5.41, 5.74) is 3.75. The number of hydrogen-bond donors (Lipinski definition) is 2. The van der Waals surface area contributed by atoms with Crippen molar-refractivity contribution in [1.82, 2.24) is 20.4 Å². The lowest BCUT2D eigenvalue weighted by Crippen LogP contribution is -2.71. The molecule has 64 heavy (non-hydrogen) atoms. The number of ether oxygens (including phenoxy) is 2. The van der Waals surface area contributed by atoms with E-state index >= 15 is 0 Å². The van der Waals surface area contributed by atoms with Crippen LogP contribution >= 0.6 is 23.1 Å². The van der Waals surface area contributed by atoms with E-state index in [2.05, 4.69) is 57.3 Å². The molecule has 2 amide bonds. The van der Waals surface area contributed by atoms with Crippen LogP contribution in [-0.4, -0.2) is 68.9 Å². The van der Waals surface area contributed by atoms with Crippen LogP contribution in [0, 0.1) is 0 Å². The Morgan fingerprint density at radius 2 is 1.55 bits per heavy atom. The van der Waals surface area contributed by atoms with E-state index in [4.69, 9.17) is 23.8 Å². The Bertz CT molecular complexity index is 2570. The summed E-state index contributed by atoms with van der Waals surface area (Å²) < 4.78 is 16.3. The predicted octanol–water partition coefficient (Wildman–Crippen LogP) is 8.32.